The summed E-state index contributed by atoms with van der Waals surface area (Å²) in [5.41, 5.74) is -0.291. The SMILES string of the molecule is CC(C)CSCc1noc(C2C(C(=O)O)C2(C)C)n1. The van der Waals surface area contributed by atoms with Crippen molar-refractivity contribution in [3.05, 3.63) is 11.7 Å². The molecular formula is C13H20N2O3S. The van der Waals surface area contributed by atoms with Gasteiger partial charge in [0.05, 0.1) is 17.6 Å². The van der Waals surface area contributed by atoms with Crippen LogP contribution in [0, 0.1) is 17.3 Å². The molecule has 1 aliphatic rings. The molecule has 1 aromatic heterocycles. The average molecular weight is 284 g/mol. The molecule has 6 heteroatoms. The summed E-state index contributed by atoms with van der Waals surface area (Å²) in [5, 5.41) is 13.1. The van der Waals surface area contributed by atoms with Gasteiger partial charge in [-0.15, -0.1) is 0 Å². The standard InChI is InChI=1S/C13H20N2O3S/c1-7(2)5-19-6-8-14-11(18-15-8)9-10(12(16)17)13(9,3)4/h7,9-10H,5-6H2,1-4H3,(H,16,17). The maximum Gasteiger partial charge on any atom is 0.307 e. The minimum atomic E-state index is -0.788. The number of rotatable bonds is 6. The van der Waals surface area contributed by atoms with E-state index in [0.717, 1.165) is 5.75 Å². The van der Waals surface area contributed by atoms with Crippen LogP contribution in [0.3, 0.4) is 0 Å². The Balaban J connectivity index is 1.97. The van der Waals surface area contributed by atoms with Crippen molar-refractivity contribution in [2.75, 3.05) is 5.75 Å². The number of nitrogens with zero attached hydrogens (tertiary/aromatic N) is 2. The van der Waals surface area contributed by atoms with Crippen LogP contribution in [0.2, 0.25) is 0 Å². The van der Waals surface area contributed by atoms with E-state index in [4.69, 9.17) is 9.63 Å². The lowest BCUT2D eigenvalue weighted by Crippen LogP contribution is -2.03. The van der Waals surface area contributed by atoms with E-state index < -0.39 is 11.9 Å². The van der Waals surface area contributed by atoms with E-state index in [0.29, 0.717) is 23.4 Å². The van der Waals surface area contributed by atoms with Gasteiger partial charge in [-0.1, -0.05) is 32.9 Å². The Bertz CT molecular complexity index is 470. The molecule has 0 spiro atoms. The highest BCUT2D eigenvalue weighted by molar-refractivity contribution is 7.98. The summed E-state index contributed by atoms with van der Waals surface area (Å²) in [5.74, 6) is 2.18. The molecule has 0 radical (unpaired) electrons. The molecule has 5 nitrogen and oxygen atoms in total. The van der Waals surface area contributed by atoms with Crippen LogP contribution in [0.5, 0.6) is 0 Å². The zero-order valence-electron chi connectivity index (χ0n) is 11.7. The van der Waals surface area contributed by atoms with Gasteiger partial charge in [0.2, 0.25) is 5.89 Å². The molecule has 1 aliphatic carbocycles. The molecule has 1 saturated carbocycles. The van der Waals surface area contributed by atoms with Crippen molar-refractivity contribution in [1.29, 1.82) is 0 Å². The van der Waals surface area contributed by atoms with Crippen molar-refractivity contribution in [1.82, 2.24) is 10.1 Å². The van der Waals surface area contributed by atoms with Gasteiger partial charge in [-0.25, -0.2) is 0 Å². The second-order valence-corrected chi connectivity index (χ2v) is 7.10. The topological polar surface area (TPSA) is 76.2 Å². The van der Waals surface area contributed by atoms with Crippen molar-refractivity contribution < 1.29 is 14.4 Å². The molecule has 1 heterocycles. The van der Waals surface area contributed by atoms with Crippen LogP contribution >= 0.6 is 11.8 Å². The van der Waals surface area contributed by atoms with Gasteiger partial charge in [0.25, 0.3) is 0 Å². The van der Waals surface area contributed by atoms with Crippen LogP contribution in [0.1, 0.15) is 45.3 Å². The lowest BCUT2D eigenvalue weighted by molar-refractivity contribution is -0.139. The third-order valence-electron chi connectivity index (χ3n) is 3.53. The normalized spacial score (nSPS) is 24.7. The van der Waals surface area contributed by atoms with Crippen LogP contribution in [0.15, 0.2) is 4.52 Å². The van der Waals surface area contributed by atoms with Crippen LogP contribution in [0.4, 0.5) is 0 Å². The number of aliphatic carboxylic acids is 1. The lowest BCUT2D eigenvalue weighted by atomic mass is 10.1. The fourth-order valence-corrected chi connectivity index (χ4v) is 3.29. The van der Waals surface area contributed by atoms with E-state index in [2.05, 4.69) is 24.0 Å². The summed E-state index contributed by atoms with van der Waals surface area (Å²) >= 11 is 1.77. The third kappa shape index (κ3) is 2.94. The van der Waals surface area contributed by atoms with E-state index in [1.807, 2.05) is 13.8 Å². The Morgan fingerprint density at radius 2 is 2.21 bits per heavy atom. The van der Waals surface area contributed by atoms with Gasteiger partial charge in [0, 0.05) is 0 Å². The summed E-state index contributed by atoms with van der Waals surface area (Å²) in [6.07, 6.45) is 0. The van der Waals surface area contributed by atoms with Gasteiger partial charge in [-0.3, -0.25) is 4.79 Å². The number of hydrogen-bond acceptors (Lipinski definition) is 5. The van der Waals surface area contributed by atoms with Crippen molar-refractivity contribution in [2.45, 2.75) is 39.4 Å². The number of aromatic nitrogens is 2. The fraction of sp³-hybridized carbons (Fsp3) is 0.769. The highest BCUT2D eigenvalue weighted by Gasteiger charge is 2.65. The quantitative estimate of drug-likeness (QED) is 0.865. The monoisotopic (exact) mass is 284 g/mol. The molecule has 0 bridgehead atoms. The van der Waals surface area contributed by atoms with E-state index in [1.54, 1.807) is 11.8 Å². The summed E-state index contributed by atoms with van der Waals surface area (Å²) in [6, 6.07) is 0. The molecule has 0 saturated heterocycles. The van der Waals surface area contributed by atoms with E-state index in [9.17, 15) is 4.79 Å². The van der Waals surface area contributed by atoms with Gasteiger partial charge in [-0.05, 0) is 17.1 Å². The van der Waals surface area contributed by atoms with E-state index in [1.165, 1.54) is 0 Å². The highest BCUT2D eigenvalue weighted by Crippen LogP contribution is 2.64. The van der Waals surface area contributed by atoms with Gasteiger partial charge in [-0.2, -0.15) is 16.7 Å². The Morgan fingerprint density at radius 3 is 2.74 bits per heavy atom. The predicted octanol–water partition coefficient (Wildman–Crippen LogP) is 2.78. The molecule has 106 valence electrons. The van der Waals surface area contributed by atoms with Crippen LogP contribution in [-0.2, 0) is 10.5 Å². The van der Waals surface area contributed by atoms with Crippen LogP contribution in [-0.4, -0.2) is 27.0 Å². The Morgan fingerprint density at radius 1 is 1.53 bits per heavy atom. The zero-order valence-corrected chi connectivity index (χ0v) is 12.5. The van der Waals surface area contributed by atoms with E-state index in [-0.39, 0.29) is 11.3 Å². The maximum absolute atomic E-state index is 11.1. The summed E-state index contributed by atoms with van der Waals surface area (Å²) < 4.78 is 5.22. The van der Waals surface area contributed by atoms with Crippen LogP contribution < -0.4 is 0 Å². The number of carbonyl (C=O) groups is 1. The second-order valence-electron chi connectivity index (χ2n) is 6.07. The fourth-order valence-electron chi connectivity index (χ4n) is 2.40. The van der Waals surface area contributed by atoms with Gasteiger partial charge < -0.3 is 9.63 Å². The Hall–Kier alpha value is -1.04. The number of carboxylic acids is 1. The minimum absolute atomic E-state index is 0.152. The van der Waals surface area contributed by atoms with Crippen molar-refractivity contribution in [3.8, 4) is 0 Å². The summed E-state index contributed by atoms with van der Waals surface area (Å²) in [6.45, 7) is 8.18. The largest absolute Gasteiger partial charge is 0.481 e. The van der Waals surface area contributed by atoms with Crippen LogP contribution in [0.25, 0.3) is 0 Å². The first kappa shape index (κ1) is 14.4. The van der Waals surface area contributed by atoms with Gasteiger partial charge >= 0.3 is 5.97 Å². The first-order chi connectivity index (χ1) is 8.84. The first-order valence-electron chi connectivity index (χ1n) is 6.47. The molecule has 1 aromatic rings. The molecular weight excluding hydrogens is 264 g/mol. The molecule has 0 aliphatic heterocycles. The number of carboxylic acid groups (broad SMARTS) is 1. The number of thioether (sulfide) groups is 1. The third-order valence-corrected chi connectivity index (χ3v) is 4.89. The first-order valence-corrected chi connectivity index (χ1v) is 7.62. The molecule has 2 atom stereocenters. The molecule has 1 N–H and O–H groups in total. The Labute approximate surface area is 117 Å². The highest BCUT2D eigenvalue weighted by atomic mass is 32.2. The zero-order chi connectivity index (χ0) is 14.2. The molecule has 0 aromatic carbocycles. The van der Waals surface area contributed by atoms with Crippen molar-refractivity contribution in [3.63, 3.8) is 0 Å². The average Bonchev–Trinajstić information content (AvgIpc) is 2.67. The van der Waals surface area contributed by atoms with Crippen molar-refractivity contribution in [2.24, 2.45) is 17.3 Å². The van der Waals surface area contributed by atoms with Gasteiger partial charge in [0.1, 0.15) is 0 Å². The Kier molecular flexibility index (Phi) is 3.90. The second kappa shape index (κ2) is 5.15. The maximum atomic E-state index is 11.1. The van der Waals surface area contributed by atoms with Crippen molar-refractivity contribution >= 4 is 17.7 Å². The molecule has 1 fully saturated rings. The van der Waals surface area contributed by atoms with E-state index >= 15 is 0 Å². The molecule has 2 rings (SSSR count). The molecule has 2 unspecified atom stereocenters. The van der Waals surface area contributed by atoms with Gasteiger partial charge in [0.15, 0.2) is 5.82 Å². The lowest BCUT2D eigenvalue weighted by Gasteiger charge is -2.00. The number of hydrogen-bond donors (Lipinski definition) is 1. The molecule has 0 amide bonds. The smallest absolute Gasteiger partial charge is 0.307 e. The summed E-state index contributed by atoms with van der Waals surface area (Å²) in [7, 11) is 0. The minimum Gasteiger partial charge on any atom is -0.481 e. The summed E-state index contributed by atoms with van der Waals surface area (Å²) in [4.78, 5) is 15.5. The molecule has 19 heavy (non-hydrogen) atoms. The predicted molar refractivity (Wildman–Crippen MR) is 72.9 cm³/mol.